The Morgan fingerprint density at radius 2 is 2.21 bits per heavy atom. The van der Waals surface area contributed by atoms with Gasteiger partial charge in [0.15, 0.2) is 5.82 Å². The fraction of sp³-hybridized carbons (Fsp3) is 0.333. The Morgan fingerprint density at radius 3 is 2.86 bits per heavy atom. The van der Waals surface area contributed by atoms with Gasteiger partial charge in [0, 0.05) is 0 Å². The monoisotopic (exact) mass is 213 g/mol. The fourth-order valence-corrected chi connectivity index (χ4v) is 1.26. The highest BCUT2D eigenvalue weighted by molar-refractivity contribution is 7.97. The molecule has 0 amide bonds. The van der Waals surface area contributed by atoms with Crippen molar-refractivity contribution in [3.63, 3.8) is 0 Å². The Bertz CT molecular complexity index is 425. The van der Waals surface area contributed by atoms with Crippen LogP contribution in [0.15, 0.2) is 9.15 Å². The first-order valence-electron chi connectivity index (χ1n) is 3.71. The van der Waals surface area contributed by atoms with Gasteiger partial charge in [-0.1, -0.05) is 5.16 Å². The van der Waals surface area contributed by atoms with Crippen molar-refractivity contribution in [2.24, 2.45) is 0 Å². The molecule has 2 heterocycles. The molecule has 0 saturated heterocycles. The van der Waals surface area contributed by atoms with Crippen molar-refractivity contribution in [3.8, 4) is 11.6 Å². The summed E-state index contributed by atoms with van der Waals surface area (Å²) in [5.41, 5.74) is 5.74. The highest BCUT2D eigenvalue weighted by Gasteiger charge is 2.16. The van der Waals surface area contributed by atoms with Crippen molar-refractivity contribution in [1.29, 1.82) is 0 Å². The summed E-state index contributed by atoms with van der Waals surface area (Å²) in [6.45, 7) is 0. The van der Waals surface area contributed by atoms with Crippen molar-refractivity contribution in [1.82, 2.24) is 20.5 Å². The van der Waals surface area contributed by atoms with Gasteiger partial charge >= 0.3 is 0 Å². The van der Waals surface area contributed by atoms with E-state index in [-0.39, 0.29) is 17.4 Å². The van der Waals surface area contributed by atoms with Crippen molar-refractivity contribution >= 4 is 17.6 Å². The zero-order valence-corrected chi connectivity index (χ0v) is 8.11. The number of anilines is 1. The summed E-state index contributed by atoms with van der Waals surface area (Å²) in [6, 6.07) is 0. The van der Waals surface area contributed by atoms with E-state index in [1.54, 1.807) is 11.8 Å². The van der Waals surface area contributed by atoms with E-state index in [0.29, 0.717) is 11.6 Å². The molecule has 7 nitrogen and oxygen atoms in total. The van der Waals surface area contributed by atoms with Gasteiger partial charge < -0.3 is 10.3 Å². The number of thioether (sulfide) groups is 1. The van der Waals surface area contributed by atoms with Gasteiger partial charge in [0.1, 0.15) is 0 Å². The molecule has 0 atom stereocenters. The predicted molar refractivity (Wildman–Crippen MR) is 49.2 cm³/mol. The molecule has 0 unspecified atom stereocenters. The van der Waals surface area contributed by atoms with Crippen LogP contribution in [-0.2, 0) is 5.75 Å². The van der Waals surface area contributed by atoms with Gasteiger partial charge in [-0.2, -0.15) is 16.7 Å². The van der Waals surface area contributed by atoms with Crippen LogP contribution in [0.5, 0.6) is 0 Å². The Kier molecular flexibility index (Phi) is 2.35. The molecule has 0 aromatic carbocycles. The number of nitrogens with two attached hydrogens (primary N) is 1. The maximum atomic E-state index is 5.46. The van der Waals surface area contributed by atoms with E-state index in [0.717, 1.165) is 0 Å². The minimum Gasteiger partial charge on any atom is -0.379 e. The van der Waals surface area contributed by atoms with E-state index in [2.05, 4.69) is 25.1 Å². The Morgan fingerprint density at radius 1 is 1.36 bits per heavy atom. The van der Waals surface area contributed by atoms with Gasteiger partial charge in [-0.3, -0.25) is 0 Å². The highest BCUT2D eigenvalue weighted by Crippen LogP contribution is 2.20. The minimum absolute atomic E-state index is 0.143. The predicted octanol–water partition coefficient (Wildman–Crippen LogP) is 0.565. The molecule has 0 aliphatic carbocycles. The third-order valence-corrected chi connectivity index (χ3v) is 2.00. The standard InChI is InChI=1S/C6H7N5O2S/c1-14-2-3-8-6(12-9-3)4-5(7)11-13-10-4/h2H2,1H3,(H2,7,11). The van der Waals surface area contributed by atoms with Crippen molar-refractivity contribution < 1.29 is 9.15 Å². The lowest BCUT2D eigenvalue weighted by Crippen LogP contribution is -1.89. The van der Waals surface area contributed by atoms with Crippen LogP contribution in [0.2, 0.25) is 0 Å². The number of nitrogens with zero attached hydrogens (tertiary/aromatic N) is 4. The summed E-state index contributed by atoms with van der Waals surface area (Å²) in [6.07, 6.45) is 1.95. The number of hydrogen-bond acceptors (Lipinski definition) is 8. The van der Waals surface area contributed by atoms with Crippen LogP contribution in [0.4, 0.5) is 5.82 Å². The zero-order valence-electron chi connectivity index (χ0n) is 7.30. The number of rotatable bonds is 3. The van der Waals surface area contributed by atoms with Crippen molar-refractivity contribution in [2.75, 3.05) is 12.0 Å². The van der Waals surface area contributed by atoms with Crippen LogP contribution in [0, 0.1) is 0 Å². The first-order valence-corrected chi connectivity index (χ1v) is 5.10. The molecule has 0 aliphatic rings. The molecule has 0 aliphatic heterocycles. The normalized spacial score (nSPS) is 10.6. The summed E-state index contributed by atoms with van der Waals surface area (Å²) in [4.78, 5) is 4.06. The Hall–Kier alpha value is -1.57. The van der Waals surface area contributed by atoms with Crippen LogP contribution in [0.25, 0.3) is 11.6 Å². The van der Waals surface area contributed by atoms with Gasteiger partial charge in [-0.15, -0.1) is 0 Å². The average Bonchev–Trinajstić information content (AvgIpc) is 2.74. The summed E-state index contributed by atoms with van der Waals surface area (Å²) in [7, 11) is 0. The molecular formula is C6H7N5O2S. The lowest BCUT2D eigenvalue weighted by molar-refractivity contribution is 0.308. The second kappa shape index (κ2) is 3.66. The summed E-state index contributed by atoms with van der Waals surface area (Å²) in [5, 5.41) is 10.7. The molecule has 74 valence electrons. The molecule has 0 radical (unpaired) electrons. The Labute approximate surface area is 83.0 Å². The lowest BCUT2D eigenvalue weighted by atomic mass is 10.4. The molecular weight excluding hydrogens is 206 g/mol. The van der Waals surface area contributed by atoms with E-state index in [1.807, 2.05) is 6.26 Å². The minimum atomic E-state index is 0.143. The van der Waals surface area contributed by atoms with Crippen LogP contribution in [-0.4, -0.2) is 26.7 Å². The third-order valence-electron chi connectivity index (χ3n) is 1.46. The van der Waals surface area contributed by atoms with Gasteiger partial charge in [-0.25, -0.2) is 4.63 Å². The average molecular weight is 213 g/mol. The molecule has 0 fully saturated rings. The summed E-state index contributed by atoms with van der Waals surface area (Å²) >= 11 is 1.59. The van der Waals surface area contributed by atoms with Crippen molar-refractivity contribution in [3.05, 3.63) is 5.82 Å². The highest BCUT2D eigenvalue weighted by atomic mass is 32.2. The number of nitrogen functional groups attached to an aromatic ring is 1. The van der Waals surface area contributed by atoms with Gasteiger partial charge in [0.2, 0.25) is 11.5 Å². The fourth-order valence-electron chi connectivity index (χ4n) is 0.882. The molecule has 2 aromatic rings. The first-order chi connectivity index (χ1) is 6.81. The smallest absolute Gasteiger partial charge is 0.284 e. The second-order valence-electron chi connectivity index (χ2n) is 2.45. The molecule has 2 rings (SSSR count). The molecule has 8 heteroatoms. The molecule has 0 saturated carbocycles. The number of aromatic nitrogens is 4. The van der Waals surface area contributed by atoms with Crippen LogP contribution >= 0.6 is 11.8 Å². The molecule has 2 N–H and O–H groups in total. The van der Waals surface area contributed by atoms with E-state index in [1.165, 1.54) is 0 Å². The lowest BCUT2D eigenvalue weighted by Gasteiger charge is -1.84. The first kappa shape index (κ1) is 9.00. The van der Waals surface area contributed by atoms with Crippen LogP contribution in [0.3, 0.4) is 0 Å². The van der Waals surface area contributed by atoms with Gasteiger partial charge in [0.05, 0.1) is 5.75 Å². The summed E-state index contributed by atoms with van der Waals surface area (Å²) in [5.74, 6) is 1.64. The molecule has 2 aromatic heterocycles. The SMILES string of the molecule is CSCc1noc(-c2nonc2N)n1. The Balaban J connectivity index is 2.29. The molecule has 14 heavy (non-hydrogen) atoms. The molecule has 0 bridgehead atoms. The van der Waals surface area contributed by atoms with Gasteiger partial charge in [0.25, 0.3) is 5.89 Å². The van der Waals surface area contributed by atoms with E-state index in [9.17, 15) is 0 Å². The molecule has 0 spiro atoms. The van der Waals surface area contributed by atoms with Crippen LogP contribution < -0.4 is 5.73 Å². The van der Waals surface area contributed by atoms with Gasteiger partial charge in [-0.05, 0) is 16.6 Å². The van der Waals surface area contributed by atoms with E-state index < -0.39 is 0 Å². The largest absolute Gasteiger partial charge is 0.379 e. The maximum Gasteiger partial charge on any atom is 0.284 e. The summed E-state index contributed by atoms with van der Waals surface area (Å²) < 4.78 is 9.34. The van der Waals surface area contributed by atoms with E-state index in [4.69, 9.17) is 10.3 Å². The second-order valence-corrected chi connectivity index (χ2v) is 3.31. The number of hydrogen-bond donors (Lipinski definition) is 1. The van der Waals surface area contributed by atoms with Crippen molar-refractivity contribution in [2.45, 2.75) is 5.75 Å². The van der Waals surface area contributed by atoms with Crippen LogP contribution in [0.1, 0.15) is 5.82 Å². The maximum absolute atomic E-state index is 5.46. The van der Waals surface area contributed by atoms with E-state index >= 15 is 0 Å². The third kappa shape index (κ3) is 1.55. The zero-order chi connectivity index (χ0) is 9.97. The quantitative estimate of drug-likeness (QED) is 0.788. The topological polar surface area (TPSA) is 104 Å².